The highest BCUT2D eigenvalue weighted by molar-refractivity contribution is 14.1. The van der Waals surface area contributed by atoms with Crippen LogP contribution in [-0.2, 0) is 9.59 Å². The molecule has 0 atom stereocenters. The van der Waals surface area contributed by atoms with Crippen molar-refractivity contribution in [1.29, 1.82) is 0 Å². The SMILES string of the molecule is O=C(O)CN(CC(=O)O)c1cc(F)c(I)cc1[N+](=O)[O-]. The summed E-state index contributed by atoms with van der Waals surface area (Å²) in [7, 11) is 0. The maximum absolute atomic E-state index is 13.5. The molecule has 0 radical (unpaired) electrons. The molecule has 0 aromatic heterocycles. The number of rotatable bonds is 6. The molecule has 1 aromatic rings. The van der Waals surface area contributed by atoms with Gasteiger partial charge in [-0.3, -0.25) is 19.7 Å². The van der Waals surface area contributed by atoms with Gasteiger partial charge in [0.25, 0.3) is 5.69 Å². The van der Waals surface area contributed by atoms with Gasteiger partial charge in [0.05, 0.1) is 8.49 Å². The minimum absolute atomic E-state index is 0.0244. The molecule has 0 aliphatic heterocycles. The number of nitrogens with zero attached hydrogens (tertiary/aromatic N) is 2. The van der Waals surface area contributed by atoms with Crippen LogP contribution in [0.2, 0.25) is 0 Å². The van der Waals surface area contributed by atoms with E-state index in [-0.39, 0.29) is 3.57 Å². The lowest BCUT2D eigenvalue weighted by Crippen LogP contribution is -2.35. The number of nitro groups is 1. The number of hydrogen-bond donors (Lipinski definition) is 2. The van der Waals surface area contributed by atoms with Crippen LogP contribution in [0.15, 0.2) is 12.1 Å². The highest BCUT2D eigenvalue weighted by Gasteiger charge is 2.25. The molecule has 8 nitrogen and oxygen atoms in total. The number of hydrogen-bond acceptors (Lipinski definition) is 5. The van der Waals surface area contributed by atoms with Gasteiger partial charge in [-0.2, -0.15) is 0 Å². The van der Waals surface area contributed by atoms with Gasteiger partial charge in [-0.25, -0.2) is 4.39 Å². The van der Waals surface area contributed by atoms with Gasteiger partial charge in [0.2, 0.25) is 0 Å². The molecule has 0 bridgehead atoms. The molecule has 0 aliphatic carbocycles. The molecule has 0 saturated carbocycles. The van der Waals surface area contributed by atoms with Crippen LogP contribution < -0.4 is 4.90 Å². The summed E-state index contributed by atoms with van der Waals surface area (Å²) in [6, 6.07) is 1.67. The Morgan fingerprint density at radius 3 is 2.20 bits per heavy atom. The topological polar surface area (TPSA) is 121 Å². The number of anilines is 1. The molecule has 1 aromatic carbocycles. The van der Waals surface area contributed by atoms with Crippen molar-refractivity contribution in [1.82, 2.24) is 0 Å². The van der Waals surface area contributed by atoms with Crippen LogP contribution in [-0.4, -0.2) is 40.2 Å². The third-order valence-electron chi connectivity index (χ3n) is 2.21. The van der Waals surface area contributed by atoms with Crippen LogP contribution in [0.5, 0.6) is 0 Å². The van der Waals surface area contributed by atoms with Crippen molar-refractivity contribution < 1.29 is 29.1 Å². The van der Waals surface area contributed by atoms with Gasteiger partial charge >= 0.3 is 11.9 Å². The molecule has 0 fully saturated rings. The quantitative estimate of drug-likeness (QED) is 0.421. The fraction of sp³-hybridized carbons (Fsp3) is 0.200. The first-order chi connectivity index (χ1) is 9.22. The number of carboxylic acids is 2. The molecule has 0 heterocycles. The molecule has 20 heavy (non-hydrogen) atoms. The first kappa shape index (κ1) is 16.1. The Bertz CT molecular complexity index is 563. The predicted octanol–water partition coefficient (Wildman–Crippen LogP) is 1.31. The normalized spacial score (nSPS) is 10.1. The van der Waals surface area contributed by atoms with Crippen molar-refractivity contribution in [2.75, 3.05) is 18.0 Å². The number of nitro benzene ring substituents is 1. The largest absolute Gasteiger partial charge is 0.480 e. The summed E-state index contributed by atoms with van der Waals surface area (Å²) in [5, 5.41) is 28.3. The number of aliphatic carboxylic acids is 2. The summed E-state index contributed by atoms with van der Waals surface area (Å²) < 4.78 is 13.5. The van der Waals surface area contributed by atoms with Gasteiger partial charge in [-0.15, -0.1) is 0 Å². The number of benzene rings is 1. The molecule has 0 spiro atoms. The van der Waals surface area contributed by atoms with E-state index in [1.165, 1.54) is 0 Å². The number of carbonyl (C=O) groups is 2. The third-order valence-corrected chi connectivity index (χ3v) is 3.03. The Morgan fingerprint density at radius 1 is 1.30 bits per heavy atom. The van der Waals surface area contributed by atoms with E-state index in [9.17, 15) is 24.1 Å². The van der Waals surface area contributed by atoms with E-state index < -0.39 is 47.1 Å². The molecule has 0 amide bonds. The molecule has 1 rings (SSSR count). The van der Waals surface area contributed by atoms with Crippen LogP contribution in [0.4, 0.5) is 15.8 Å². The Labute approximate surface area is 125 Å². The first-order valence-corrected chi connectivity index (χ1v) is 6.12. The van der Waals surface area contributed by atoms with Crippen LogP contribution in [0.3, 0.4) is 0 Å². The zero-order valence-corrected chi connectivity index (χ0v) is 11.9. The molecular weight excluding hydrogens is 390 g/mol. The van der Waals surface area contributed by atoms with Crippen molar-refractivity contribution >= 4 is 45.9 Å². The summed E-state index contributed by atoms with van der Waals surface area (Å²) in [4.78, 5) is 32.2. The van der Waals surface area contributed by atoms with Gasteiger partial charge in [0.1, 0.15) is 24.6 Å². The lowest BCUT2D eigenvalue weighted by Gasteiger charge is -2.20. The van der Waals surface area contributed by atoms with Crippen LogP contribution >= 0.6 is 22.6 Å². The molecule has 0 saturated heterocycles. The van der Waals surface area contributed by atoms with Crippen LogP contribution in [0.1, 0.15) is 0 Å². The van der Waals surface area contributed by atoms with Crippen molar-refractivity contribution in [2.24, 2.45) is 0 Å². The highest BCUT2D eigenvalue weighted by Crippen LogP contribution is 2.31. The van der Waals surface area contributed by atoms with Crippen molar-refractivity contribution in [2.45, 2.75) is 0 Å². The van der Waals surface area contributed by atoms with Gasteiger partial charge in [0.15, 0.2) is 0 Å². The lowest BCUT2D eigenvalue weighted by atomic mass is 10.2. The van der Waals surface area contributed by atoms with E-state index in [2.05, 4.69) is 0 Å². The predicted molar refractivity (Wildman–Crippen MR) is 73.3 cm³/mol. The maximum atomic E-state index is 13.5. The second-order valence-corrected chi connectivity index (χ2v) is 4.82. The molecule has 10 heteroatoms. The second kappa shape index (κ2) is 6.45. The highest BCUT2D eigenvalue weighted by atomic mass is 127. The summed E-state index contributed by atoms with van der Waals surface area (Å²) >= 11 is 1.54. The van der Waals surface area contributed by atoms with E-state index in [1.807, 2.05) is 0 Å². The van der Waals surface area contributed by atoms with Crippen molar-refractivity contribution in [3.8, 4) is 0 Å². The average Bonchev–Trinajstić information content (AvgIpc) is 2.29. The van der Waals surface area contributed by atoms with E-state index in [1.54, 1.807) is 22.6 Å². The van der Waals surface area contributed by atoms with Crippen LogP contribution in [0.25, 0.3) is 0 Å². The van der Waals surface area contributed by atoms with E-state index >= 15 is 0 Å². The summed E-state index contributed by atoms with van der Waals surface area (Å²) in [5.74, 6) is -3.58. The first-order valence-electron chi connectivity index (χ1n) is 5.04. The zero-order chi connectivity index (χ0) is 15.4. The fourth-order valence-corrected chi connectivity index (χ4v) is 1.93. The Hall–Kier alpha value is -1.98. The van der Waals surface area contributed by atoms with E-state index in [4.69, 9.17) is 10.2 Å². The van der Waals surface area contributed by atoms with Crippen molar-refractivity contribution in [3.63, 3.8) is 0 Å². The monoisotopic (exact) mass is 398 g/mol. The molecular formula is C10H8FIN2O6. The summed E-state index contributed by atoms with van der Waals surface area (Å²) in [5.41, 5.74) is -0.948. The Morgan fingerprint density at radius 2 is 1.80 bits per heavy atom. The molecule has 108 valence electrons. The minimum Gasteiger partial charge on any atom is -0.480 e. The van der Waals surface area contributed by atoms with Gasteiger partial charge in [-0.05, 0) is 22.6 Å². The zero-order valence-electron chi connectivity index (χ0n) is 9.75. The third kappa shape index (κ3) is 4.01. The van der Waals surface area contributed by atoms with Crippen LogP contribution in [0, 0.1) is 19.5 Å². The standard InChI is InChI=1S/C10H8FIN2O6/c11-5-1-7(8(14(19)20)2-6(5)12)13(3-9(15)16)4-10(17)18/h1-2H,3-4H2,(H,15,16)(H,17,18). The van der Waals surface area contributed by atoms with E-state index in [0.29, 0.717) is 4.90 Å². The number of halogens is 2. The van der Waals surface area contributed by atoms with Gasteiger partial charge in [0, 0.05) is 12.1 Å². The minimum atomic E-state index is -1.39. The maximum Gasteiger partial charge on any atom is 0.323 e. The fourth-order valence-electron chi connectivity index (χ4n) is 1.48. The molecule has 2 N–H and O–H groups in total. The lowest BCUT2D eigenvalue weighted by molar-refractivity contribution is -0.384. The molecule has 0 aliphatic rings. The smallest absolute Gasteiger partial charge is 0.323 e. The second-order valence-electron chi connectivity index (χ2n) is 3.66. The Kier molecular flexibility index (Phi) is 5.19. The Balaban J connectivity index is 3.36. The molecule has 0 unspecified atom stereocenters. The number of carboxylic acid groups (broad SMARTS) is 2. The summed E-state index contributed by atoms with van der Waals surface area (Å²) in [6.45, 7) is -1.60. The summed E-state index contributed by atoms with van der Waals surface area (Å²) in [6.07, 6.45) is 0. The average molecular weight is 398 g/mol. The van der Waals surface area contributed by atoms with Gasteiger partial charge < -0.3 is 15.1 Å². The van der Waals surface area contributed by atoms with Crippen molar-refractivity contribution in [3.05, 3.63) is 31.6 Å². The van der Waals surface area contributed by atoms with E-state index in [0.717, 1.165) is 12.1 Å². The van der Waals surface area contributed by atoms with Gasteiger partial charge in [-0.1, -0.05) is 0 Å².